The lowest BCUT2D eigenvalue weighted by Crippen LogP contribution is -2.11. The van der Waals surface area contributed by atoms with Gasteiger partial charge in [-0.25, -0.2) is 132 Å². The van der Waals surface area contributed by atoms with Crippen LogP contribution in [0.25, 0.3) is 111 Å². The summed E-state index contributed by atoms with van der Waals surface area (Å²) in [6, 6.07) is -4.13. The molecule has 103 heavy (non-hydrogen) atoms. The number of nitrogens with one attached hydrogen (secondary N) is 1. The summed E-state index contributed by atoms with van der Waals surface area (Å²) in [5.74, 6) is -74.6. The minimum Gasteiger partial charge on any atom is -0.353 e. The van der Waals surface area contributed by atoms with Crippen LogP contribution in [0.15, 0.2) is 121 Å². The molecule has 0 aliphatic rings. The maximum atomic E-state index is 16.5. The molecule has 12 aromatic carbocycles. The second-order valence-electron chi connectivity index (χ2n) is 22.2. The summed E-state index contributed by atoms with van der Waals surface area (Å²) in [5, 5.41) is 2.19. The van der Waals surface area contributed by atoms with Crippen LogP contribution in [0.4, 0.5) is 143 Å². The first-order valence-corrected chi connectivity index (χ1v) is 28.2. The molecule has 0 amide bonds. The van der Waals surface area contributed by atoms with E-state index in [-0.39, 0.29) is 121 Å². The molecule has 0 bridgehead atoms. The molecule has 0 aliphatic heterocycles. The molecule has 12 aromatic rings. The van der Waals surface area contributed by atoms with E-state index in [1.165, 1.54) is 0 Å². The number of hydrogen-bond acceptors (Lipinski definition) is 1. The number of hydrogen-bond donors (Lipinski definition) is 1. The Bertz CT molecular complexity index is 4830. The standard InChI is InChI=1S/C72H21F30N/c73-31-1-21(2-32(74)61(31)93)51-53(23-5-35(77)63(95)36(78)6-23)57(27-13-43(85)67(99)44(86)14-27)71(58(28-15-45(87)68(100)46(88)16-28)54(51)24-7-37(79)64(96)38(80)8-24)103-72-59(29-17-47(89)69(101)48(90)18-29)55(25-9-39(81)65(97)40(82)10-25)52(22-3-33(75)62(94)34(76)4-22)56(26-11-41(83)66(98)42(84)12-26)60(72)30-19-49(91)70(102)50(92)20-30/h1-20,103H. The first-order valence-electron chi connectivity index (χ1n) is 28.2. The van der Waals surface area contributed by atoms with Gasteiger partial charge in [0.2, 0.25) is 0 Å². The van der Waals surface area contributed by atoms with Gasteiger partial charge in [-0.2, -0.15) is 0 Å². The molecule has 0 aliphatic carbocycles. The second kappa shape index (κ2) is 26.4. The summed E-state index contributed by atoms with van der Waals surface area (Å²) >= 11 is 0. The highest BCUT2D eigenvalue weighted by Crippen LogP contribution is 2.62. The van der Waals surface area contributed by atoms with Crippen molar-refractivity contribution in [3.8, 4) is 111 Å². The molecule has 1 N–H and O–H groups in total. The third kappa shape index (κ3) is 12.2. The quantitative estimate of drug-likeness (QED) is 0.0950. The summed E-state index contributed by atoms with van der Waals surface area (Å²) in [4.78, 5) is 0. The largest absolute Gasteiger partial charge is 0.353 e. The van der Waals surface area contributed by atoms with Crippen molar-refractivity contribution in [2.45, 2.75) is 0 Å². The van der Waals surface area contributed by atoms with Crippen molar-refractivity contribution in [2.75, 3.05) is 5.32 Å². The fourth-order valence-corrected chi connectivity index (χ4v) is 11.8. The van der Waals surface area contributed by atoms with E-state index in [4.69, 9.17) is 0 Å². The van der Waals surface area contributed by atoms with E-state index in [1.54, 1.807) is 0 Å². The van der Waals surface area contributed by atoms with Gasteiger partial charge in [0.05, 0.1) is 11.4 Å². The lowest BCUT2D eigenvalue weighted by atomic mass is 9.75. The molecule has 0 unspecified atom stereocenters. The topological polar surface area (TPSA) is 12.0 Å². The minimum atomic E-state index is -2.56. The molecule has 1 nitrogen and oxygen atoms in total. The van der Waals surface area contributed by atoms with Crippen LogP contribution in [0.5, 0.6) is 0 Å². The maximum Gasteiger partial charge on any atom is 0.194 e. The van der Waals surface area contributed by atoms with Crippen molar-refractivity contribution < 1.29 is 132 Å². The molecule has 0 spiro atoms. The van der Waals surface area contributed by atoms with Gasteiger partial charge in [-0.15, -0.1) is 0 Å². The van der Waals surface area contributed by atoms with Gasteiger partial charge in [-0.3, -0.25) is 0 Å². The van der Waals surface area contributed by atoms with Crippen LogP contribution in [0, 0.1) is 175 Å². The molecule has 0 fully saturated rings. The molecule has 0 atom stereocenters. The fraction of sp³-hybridized carbons (Fsp3) is 0. The van der Waals surface area contributed by atoms with E-state index in [9.17, 15) is 0 Å². The van der Waals surface area contributed by atoms with Crippen molar-refractivity contribution in [1.29, 1.82) is 0 Å². The molecule has 12 rings (SSSR count). The molecule has 0 aromatic heterocycles. The van der Waals surface area contributed by atoms with Gasteiger partial charge < -0.3 is 5.32 Å². The number of anilines is 2. The van der Waals surface area contributed by atoms with E-state index in [0.717, 1.165) is 0 Å². The molecule has 0 radical (unpaired) electrons. The molecular weight excluding hydrogens is 1450 g/mol. The predicted molar refractivity (Wildman–Crippen MR) is 309 cm³/mol. The van der Waals surface area contributed by atoms with Gasteiger partial charge in [0.15, 0.2) is 175 Å². The number of halogens is 30. The summed E-state index contributed by atoms with van der Waals surface area (Å²) in [6.45, 7) is 0. The lowest BCUT2D eigenvalue weighted by molar-refractivity contribution is 0.447. The predicted octanol–water partition coefficient (Wildman–Crippen LogP) is 24.3. The highest BCUT2D eigenvalue weighted by Gasteiger charge is 2.38. The third-order valence-corrected chi connectivity index (χ3v) is 16.0. The summed E-state index contributed by atoms with van der Waals surface area (Å²) in [7, 11) is 0. The molecule has 0 saturated carbocycles. The average molecular weight is 1470 g/mol. The van der Waals surface area contributed by atoms with Crippen molar-refractivity contribution in [2.24, 2.45) is 0 Å². The first-order chi connectivity index (χ1) is 48.5. The van der Waals surface area contributed by atoms with Crippen LogP contribution >= 0.6 is 0 Å². The van der Waals surface area contributed by atoms with Crippen molar-refractivity contribution >= 4 is 11.4 Å². The van der Waals surface area contributed by atoms with E-state index >= 15 is 132 Å². The van der Waals surface area contributed by atoms with Crippen molar-refractivity contribution in [3.63, 3.8) is 0 Å². The normalized spacial score (nSPS) is 11.6. The molecule has 524 valence electrons. The Kier molecular flexibility index (Phi) is 18.2. The number of benzene rings is 12. The monoisotopic (exact) mass is 1470 g/mol. The van der Waals surface area contributed by atoms with E-state index in [2.05, 4.69) is 5.32 Å². The van der Waals surface area contributed by atoms with Crippen molar-refractivity contribution in [3.05, 3.63) is 296 Å². The minimum absolute atomic E-state index is 0.169. The van der Waals surface area contributed by atoms with Gasteiger partial charge in [-0.1, -0.05) is 0 Å². The third-order valence-electron chi connectivity index (χ3n) is 16.0. The Morgan fingerprint density at radius 3 is 0.291 bits per heavy atom. The van der Waals surface area contributed by atoms with Crippen LogP contribution < -0.4 is 5.32 Å². The Balaban J connectivity index is 1.54. The average Bonchev–Trinajstić information content (AvgIpc) is 0.706. The Morgan fingerprint density at radius 2 is 0.194 bits per heavy atom. The lowest BCUT2D eigenvalue weighted by Gasteiger charge is -2.32. The SMILES string of the molecule is Fc1cc(-c2c(Nc3c(-c4cc(F)c(F)c(F)c4)c(-c4cc(F)c(F)c(F)c4)c(-c4cc(F)c(F)c(F)c4)c(-c4cc(F)c(F)c(F)c4)c3-c3cc(F)c(F)c(F)c3)c(-c3cc(F)c(F)c(F)c3)c(-c3cc(F)c(F)c(F)c3)c(-c3cc(F)c(F)c(F)c3)c2-c2cc(F)c(F)c(F)c2)cc(F)c1F. The second-order valence-corrected chi connectivity index (χ2v) is 22.2. The first kappa shape index (κ1) is 71.2. The maximum absolute atomic E-state index is 16.5. The molecular formula is C72H21F30N. The van der Waals surface area contributed by atoms with E-state index in [1.807, 2.05) is 0 Å². The van der Waals surface area contributed by atoms with Crippen LogP contribution in [0.1, 0.15) is 0 Å². The van der Waals surface area contributed by atoms with Crippen LogP contribution in [0.3, 0.4) is 0 Å². The van der Waals surface area contributed by atoms with Gasteiger partial charge in [0.1, 0.15) is 0 Å². The Morgan fingerprint density at radius 1 is 0.117 bits per heavy atom. The zero-order chi connectivity index (χ0) is 74.9. The molecule has 31 heteroatoms. The van der Waals surface area contributed by atoms with Crippen LogP contribution in [-0.4, -0.2) is 0 Å². The van der Waals surface area contributed by atoms with Gasteiger partial charge in [-0.05, 0) is 188 Å². The summed E-state index contributed by atoms with van der Waals surface area (Å²) < 4.78 is 482. The van der Waals surface area contributed by atoms with Gasteiger partial charge >= 0.3 is 0 Å². The van der Waals surface area contributed by atoms with Crippen molar-refractivity contribution in [1.82, 2.24) is 0 Å². The zero-order valence-corrected chi connectivity index (χ0v) is 49.4. The zero-order valence-electron chi connectivity index (χ0n) is 49.4. The Hall–Kier alpha value is -11.7. The summed E-state index contributed by atoms with van der Waals surface area (Å²) in [6.07, 6.45) is 0. The molecule has 0 saturated heterocycles. The van der Waals surface area contributed by atoms with Gasteiger partial charge in [0, 0.05) is 44.5 Å². The fourth-order valence-electron chi connectivity index (χ4n) is 11.8. The highest BCUT2D eigenvalue weighted by molar-refractivity contribution is 6.19. The van der Waals surface area contributed by atoms with E-state index < -0.39 is 297 Å². The number of rotatable bonds is 12. The smallest absolute Gasteiger partial charge is 0.194 e. The van der Waals surface area contributed by atoms with Crippen LogP contribution in [0.2, 0.25) is 0 Å². The van der Waals surface area contributed by atoms with Gasteiger partial charge in [0.25, 0.3) is 0 Å². The Labute approximate surface area is 554 Å². The summed E-state index contributed by atoms with van der Waals surface area (Å²) in [5.41, 5.74) is -36.7. The molecule has 0 heterocycles. The highest BCUT2D eigenvalue weighted by atomic mass is 19.2. The van der Waals surface area contributed by atoms with Crippen LogP contribution in [-0.2, 0) is 0 Å². The van der Waals surface area contributed by atoms with E-state index in [0.29, 0.717) is 0 Å².